The van der Waals surface area contributed by atoms with Gasteiger partial charge in [-0.3, -0.25) is 19.3 Å². The first-order valence-corrected chi connectivity index (χ1v) is 7.53. The molecule has 0 unspecified atom stereocenters. The van der Waals surface area contributed by atoms with Crippen molar-refractivity contribution in [2.24, 2.45) is 0 Å². The summed E-state index contributed by atoms with van der Waals surface area (Å²) in [6.07, 6.45) is 0. The predicted molar refractivity (Wildman–Crippen MR) is 90.0 cm³/mol. The molecule has 1 N–H and O–H groups in total. The van der Waals surface area contributed by atoms with E-state index in [2.05, 4.69) is 5.32 Å². The van der Waals surface area contributed by atoms with Gasteiger partial charge in [0.2, 0.25) is 0 Å². The van der Waals surface area contributed by atoms with E-state index in [0.29, 0.717) is 22.7 Å². The maximum atomic E-state index is 12.1. The van der Waals surface area contributed by atoms with Gasteiger partial charge in [0.15, 0.2) is 18.1 Å². The van der Waals surface area contributed by atoms with E-state index in [-0.39, 0.29) is 24.0 Å². The highest BCUT2D eigenvalue weighted by molar-refractivity contribution is 6.21. The van der Waals surface area contributed by atoms with Gasteiger partial charge in [-0.2, -0.15) is 0 Å². The molecule has 0 atom stereocenters. The molecule has 1 heterocycles. The molecule has 0 bridgehead atoms. The maximum absolute atomic E-state index is 12.1. The fourth-order valence-electron chi connectivity index (χ4n) is 2.52. The second-order valence-corrected chi connectivity index (χ2v) is 5.42. The van der Waals surface area contributed by atoms with Crippen LogP contribution in [0, 0.1) is 0 Å². The largest absolute Gasteiger partial charge is 0.493 e. The number of imide groups is 1. The lowest BCUT2D eigenvalue weighted by Gasteiger charge is -2.10. The van der Waals surface area contributed by atoms with Crippen molar-refractivity contribution >= 4 is 23.4 Å². The van der Waals surface area contributed by atoms with Crippen LogP contribution in [0.25, 0.3) is 0 Å². The third-order valence-corrected chi connectivity index (χ3v) is 3.80. The van der Waals surface area contributed by atoms with Crippen LogP contribution < -0.4 is 14.8 Å². The number of para-hydroxylation sites is 2. The van der Waals surface area contributed by atoms with Crippen molar-refractivity contribution in [2.45, 2.75) is 0 Å². The second kappa shape index (κ2) is 6.64. The number of rotatable bonds is 5. The number of nitrogens with zero attached hydrogens (tertiary/aromatic N) is 1. The number of anilines is 1. The Hall–Kier alpha value is -3.35. The van der Waals surface area contributed by atoms with Crippen molar-refractivity contribution in [1.29, 1.82) is 0 Å². The molecular weight excluding hydrogens is 324 g/mol. The molecule has 3 rings (SSSR count). The monoisotopic (exact) mass is 340 g/mol. The summed E-state index contributed by atoms with van der Waals surface area (Å²) in [7, 11) is 2.94. The zero-order chi connectivity index (χ0) is 18.0. The zero-order valence-electron chi connectivity index (χ0n) is 13.7. The Morgan fingerprint density at radius 3 is 2.44 bits per heavy atom. The summed E-state index contributed by atoms with van der Waals surface area (Å²) in [5.74, 6) is -0.147. The van der Waals surface area contributed by atoms with Gasteiger partial charge in [-0.05, 0) is 30.3 Å². The molecule has 25 heavy (non-hydrogen) atoms. The molecule has 0 aliphatic carbocycles. The first-order chi connectivity index (χ1) is 12.0. The SMILES string of the molecule is COc1ccccc1OCC(=O)Nc1ccc2c(c1)C(=O)N(C)C2=O. The summed E-state index contributed by atoms with van der Waals surface area (Å²) < 4.78 is 10.6. The molecule has 7 heteroatoms. The van der Waals surface area contributed by atoms with Gasteiger partial charge < -0.3 is 14.8 Å². The number of carbonyl (C=O) groups excluding carboxylic acids is 3. The summed E-state index contributed by atoms with van der Waals surface area (Å²) in [5, 5.41) is 2.64. The number of nitrogens with one attached hydrogen (secondary N) is 1. The fraction of sp³-hybridized carbons (Fsp3) is 0.167. The molecule has 0 fully saturated rings. The number of ether oxygens (including phenoxy) is 2. The van der Waals surface area contributed by atoms with Gasteiger partial charge in [-0.1, -0.05) is 12.1 Å². The molecule has 2 aromatic carbocycles. The molecule has 0 saturated carbocycles. The van der Waals surface area contributed by atoms with Crippen molar-refractivity contribution in [1.82, 2.24) is 4.90 Å². The summed E-state index contributed by atoms with van der Waals surface area (Å²) in [5.41, 5.74) is 1.02. The Balaban J connectivity index is 1.66. The molecule has 7 nitrogen and oxygen atoms in total. The van der Waals surface area contributed by atoms with E-state index in [0.717, 1.165) is 4.90 Å². The summed E-state index contributed by atoms with van der Waals surface area (Å²) in [6, 6.07) is 11.6. The van der Waals surface area contributed by atoms with Crippen molar-refractivity contribution in [3.8, 4) is 11.5 Å². The molecule has 3 amide bonds. The van der Waals surface area contributed by atoms with Gasteiger partial charge in [0.05, 0.1) is 18.2 Å². The van der Waals surface area contributed by atoms with Crippen LogP contribution in [-0.4, -0.2) is 43.4 Å². The van der Waals surface area contributed by atoms with Crippen LogP contribution in [0.1, 0.15) is 20.7 Å². The Bertz CT molecular complexity index is 862. The molecule has 128 valence electrons. The van der Waals surface area contributed by atoms with Gasteiger partial charge in [-0.15, -0.1) is 0 Å². The quantitative estimate of drug-likeness (QED) is 0.841. The first kappa shape index (κ1) is 16.5. The first-order valence-electron chi connectivity index (χ1n) is 7.53. The minimum Gasteiger partial charge on any atom is -0.493 e. The van der Waals surface area contributed by atoms with Crippen LogP contribution in [0.4, 0.5) is 5.69 Å². The Kier molecular flexibility index (Phi) is 4.38. The number of carbonyl (C=O) groups is 3. The summed E-state index contributed by atoms with van der Waals surface area (Å²) >= 11 is 0. The van der Waals surface area contributed by atoms with E-state index in [9.17, 15) is 14.4 Å². The molecule has 2 aromatic rings. The summed E-state index contributed by atoms with van der Waals surface area (Å²) in [4.78, 5) is 36.9. The van der Waals surface area contributed by atoms with Crippen LogP contribution in [0.2, 0.25) is 0 Å². The Morgan fingerprint density at radius 1 is 1.04 bits per heavy atom. The van der Waals surface area contributed by atoms with Crippen molar-refractivity contribution in [3.63, 3.8) is 0 Å². The van der Waals surface area contributed by atoms with Crippen molar-refractivity contribution in [2.75, 3.05) is 26.1 Å². The molecule has 0 spiro atoms. The highest BCUT2D eigenvalue weighted by atomic mass is 16.5. The molecule has 1 aliphatic heterocycles. The number of fused-ring (bicyclic) bond motifs is 1. The van der Waals surface area contributed by atoms with Crippen molar-refractivity contribution in [3.05, 3.63) is 53.6 Å². The number of methoxy groups -OCH3 is 1. The fourth-order valence-corrected chi connectivity index (χ4v) is 2.52. The normalized spacial score (nSPS) is 12.8. The minimum absolute atomic E-state index is 0.218. The van der Waals surface area contributed by atoms with Gasteiger partial charge in [0.1, 0.15) is 0 Å². The van der Waals surface area contributed by atoms with Crippen LogP contribution in [0.3, 0.4) is 0 Å². The van der Waals surface area contributed by atoms with E-state index in [1.54, 1.807) is 30.3 Å². The van der Waals surface area contributed by atoms with Gasteiger partial charge in [0, 0.05) is 12.7 Å². The van der Waals surface area contributed by atoms with Crippen LogP contribution in [0.5, 0.6) is 11.5 Å². The van der Waals surface area contributed by atoms with Crippen molar-refractivity contribution < 1.29 is 23.9 Å². The zero-order valence-corrected chi connectivity index (χ0v) is 13.7. The van der Waals surface area contributed by atoms with E-state index in [1.165, 1.54) is 26.3 Å². The highest BCUT2D eigenvalue weighted by Crippen LogP contribution is 2.26. The molecule has 1 aliphatic rings. The lowest BCUT2D eigenvalue weighted by molar-refractivity contribution is -0.118. The lowest BCUT2D eigenvalue weighted by atomic mass is 10.1. The highest BCUT2D eigenvalue weighted by Gasteiger charge is 2.32. The third kappa shape index (κ3) is 3.16. The van der Waals surface area contributed by atoms with Gasteiger partial charge in [0.25, 0.3) is 17.7 Å². The molecule has 0 saturated heterocycles. The average molecular weight is 340 g/mol. The Labute approximate surface area is 144 Å². The van der Waals surface area contributed by atoms with Crippen LogP contribution in [0.15, 0.2) is 42.5 Å². The van der Waals surface area contributed by atoms with E-state index in [4.69, 9.17) is 9.47 Å². The molecule has 0 radical (unpaired) electrons. The summed E-state index contributed by atoms with van der Waals surface area (Å²) in [6.45, 7) is -0.218. The topological polar surface area (TPSA) is 84.9 Å². The van der Waals surface area contributed by atoms with Crippen LogP contribution in [-0.2, 0) is 4.79 Å². The van der Waals surface area contributed by atoms with Gasteiger partial charge in [-0.25, -0.2) is 0 Å². The number of hydrogen-bond donors (Lipinski definition) is 1. The lowest BCUT2D eigenvalue weighted by Crippen LogP contribution is -2.24. The van der Waals surface area contributed by atoms with E-state index in [1.807, 2.05) is 0 Å². The molecule has 0 aromatic heterocycles. The number of benzene rings is 2. The predicted octanol–water partition coefficient (Wildman–Crippen LogP) is 1.94. The maximum Gasteiger partial charge on any atom is 0.262 e. The number of hydrogen-bond acceptors (Lipinski definition) is 5. The van der Waals surface area contributed by atoms with E-state index >= 15 is 0 Å². The molecular formula is C18H16N2O5. The van der Waals surface area contributed by atoms with Gasteiger partial charge >= 0.3 is 0 Å². The number of amides is 3. The average Bonchev–Trinajstić information content (AvgIpc) is 2.84. The van der Waals surface area contributed by atoms with E-state index < -0.39 is 5.91 Å². The second-order valence-electron chi connectivity index (χ2n) is 5.42. The van der Waals surface area contributed by atoms with Crippen LogP contribution >= 0.6 is 0 Å². The smallest absolute Gasteiger partial charge is 0.262 e. The standard InChI is InChI=1S/C18H16N2O5/c1-20-17(22)12-8-7-11(9-13(12)18(20)23)19-16(21)10-25-15-6-4-3-5-14(15)24-2/h3-9H,10H2,1-2H3,(H,19,21). The third-order valence-electron chi connectivity index (χ3n) is 3.80. The minimum atomic E-state index is -0.393. The Morgan fingerprint density at radius 2 is 1.72 bits per heavy atom.